The molecule has 0 aromatic rings. The molecule has 0 heterocycles. The van der Waals surface area contributed by atoms with E-state index >= 15 is 0 Å². The molecule has 0 bridgehead atoms. The molecule has 4 N–H and O–H groups in total. The fraction of sp³-hybridized carbons (Fsp3) is 0.963. The summed E-state index contributed by atoms with van der Waals surface area (Å²) in [5.41, 5.74) is 0. The number of hydrogen-bond donors (Lipinski definition) is 4. The molecule has 0 aromatic heterocycles. The van der Waals surface area contributed by atoms with Gasteiger partial charge in [-0.3, -0.25) is 9.59 Å². The van der Waals surface area contributed by atoms with E-state index in [4.69, 9.17) is 0 Å². The maximum atomic E-state index is 12.9. The number of amides is 2. The molecule has 62 heavy (non-hydrogen) atoms. The average molecular weight is 879 g/mol. The normalized spacial score (nSPS) is 12.2. The number of rotatable bonds is 52. The summed E-state index contributed by atoms with van der Waals surface area (Å²) in [5.74, 6) is 0.936. The highest BCUT2D eigenvalue weighted by atomic mass is 16.3. The van der Waals surface area contributed by atoms with Crippen LogP contribution in [0.3, 0.4) is 0 Å². The van der Waals surface area contributed by atoms with E-state index in [2.05, 4.69) is 46.5 Å². The number of nitrogens with zero attached hydrogens (tertiary/aromatic N) is 2. The molecule has 0 fully saturated rings. The first-order valence-electron chi connectivity index (χ1n) is 27.7. The predicted molar refractivity (Wildman–Crippen MR) is 271 cm³/mol. The third-order valence-electron chi connectivity index (χ3n) is 13.2. The molecule has 0 aliphatic heterocycles. The van der Waals surface area contributed by atoms with Crippen molar-refractivity contribution in [3.05, 3.63) is 0 Å². The summed E-state index contributed by atoms with van der Waals surface area (Å²) in [7, 11) is 2.04. The van der Waals surface area contributed by atoms with Crippen molar-refractivity contribution in [3.63, 3.8) is 0 Å². The Morgan fingerprint density at radius 2 is 0.839 bits per heavy atom. The van der Waals surface area contributed by atoms with Crippen molar-refractivity contribution in [2.24, 2.45) is 5.92 Å². The summed E-state index contributed by atoms with van der Waals surface area (Å²) in [6, 6.07) is 0. The first-order valence-corrected chi connectivity index (χ1v) is 27.7. The zero-order chi connectivity index (χ0) is 45.2. The van der Waals surface area contributed by atoms with Crippen molar-refractivity contribution >= 4 is 11.8 Å². The zero-order valence-electron chi connectivity index (χ0n) is 42.5. The van der Waals surface area contributed by atoms with Crippen LogP contribution < -0.4 is 16.0 Å². The summed E-state index contributed by atoms with van der Waals surface area (Å²) in [6.07, 6.45) is 47.9. The minimum Gasteiger partial charge on any atom is -0.395 e. The Bertz CT molecular complexity index is 907. The molecule has 0 spiro atoms. The Morgan fingerprint density at radius 3 is 1.29 bits per heavy atom. The van der Waals surface area contributed by atoms with E-state index < -0.39 is 0 Å². The van der Waals surface area contributed by atoms with E-state index in [9.17, 15) is 14.7 Å². The maximum Gasteiger partial charge on any atom is 0.221 e. The van der Waals surface area contributed by atoms with Crippen molar-refractivity contribution in [1.29, 1.82) is 0 Å². The molecule has 370 valence electrons. The number of carbonyl (C=O) groups is 2. The number of likely N-dealkylation sites (N-methyl/N-ethyl adjacent to an activating group) is 1. The average Bonchev–Trinajstić information content (AvgIpc) is 3.27. The predicted octanol–water partition coefficient (Wildman–Crippen LogP) is 13.1. The van der Waals surface area contributed by atoms with Gasteiger partial charge in [-0.2, -0.15) is 0 Å². The van der Waals surface area contributed by atoms with Gasteiger partial charge in [0.15, 0.2) is 0 Å². The van der Waals surface area contributed by atoms with Crippen LogP contribution in [0.2, 0.25) is 0 Å². The van der Waals surface area contributed by atoms with E-state index in [0.717, 1.165) is 58.7 Å². The number of carbonyl (C=O) groups excluding carboxylic acids is 2. The quantitative estimate of drug-likeness (QED) is 0.0455. The summed E-state index contributed by atoms with van der Waals surface area (Å²) >= 11 is 0. The van der Waals surface area contributed by atoms with Crippen molar-refractivity contribution in [2.45, 2.75) is 258 Å². The first kappa shape index (κ1) is 60.8. The summed E-state index contributed by atoms with van der Waals surface area (Å²) < 4.78 is 0. The highest BCUT2D eigenvalue weighted by Crippen LogP contribution is 2.20. The van der Waals surface area contributed by atoms with Gasteiger partial charge in [0, 0.05) is 58.7 Å². The highest BCUT2D eigenvalue weighted by Gasteiger charge is 2.12. The van der Waals surface area contributed by atoms with E-state index in [1.54, 1.807) is 0 Å². The summed E-state index contributed by atoms with van der Waals surface area (Å²) in [5, 5.41) is 19.3. The lowest BCUT2D eigenvalue weighted by molar-refractivity contribution is -0.122. The number of aliphatic hydroxyl groups is 1. The monoisotopic (exact) mass is 878 g/mol. The molecule has 0 aromatic carbocycles. The lowest BCUT2D eigenvalue weighted by Crippen LogP contribution is -2.38. The first-order chi connectivity index (χ1) is 30.5. The molecule has 0 saturated heterocycles. The van der Waals surface area contributed by atoms with Gasteiger partial charge in [-0.15, -0.1) is 0 Å². The van der Waals surface area contributed by atoms with Crippen LogP contribution in [0.1, 0.15) is 258 Å². The third-order valence-corrected chi connectivity index (χ3v) is 13.2. The van der Waals surface area contributed by atoms with Crippen LogP contribution in [0.4, 0.5) is 0 Å². The van der Waals surface area contributed by atoms with E-state index in [-0.39, 0.29) is 18.4 Å². The van der Waals surface area contributed by atoms with Crippen LogP contribution in [-0.4, -0.2) is 99.3 Å². The van der Waals surface area contributed by atoms with Crippen LogP contribution >= 0.6 is 0 Å². The molecule has 0 rings (SSSR count). The molecule has 8 nitrogen and oxygen atoms in total. The number of aliphatic hydroxyl groups excluding tert-OH is 1. The van der Waals surface area contributed by atoms with Gasteiger partial charge in [0.2, 0.25) is 11.8 Å². The molecule has 8 heteroatoms. The van der Waals surface area contributed by atoms with Crippen LogP contribution in [-0.2, 0) is 9.59 Å². The lowest BCUT2D eigenvalue weighted by Gasteiger charge is -2.25. The van der Waals surface area contributed by atoms with E-state index in [1.165, 1.54) is 212 Å². The zero-order valence-corrected chi connectivity index (χ0v) is 42.5. The SMILES string of the molecule is CCCCCCCCCCCCCCCCNC(=O)CCN(CCCNCCC(=O)NCC(CCCCCCCCCC)CCCCCCCCCCCC)CCN(C)CCO. The number of nitrogens with one attached hydrogen (secondary N) is 3. The Hall–Kier alpha value is -1.22. The van der Waals surface area contributed by atoms with Crippen molar-refractivity contribution in [3.8, 4) is 0 Å². The van der Waals surface area contributed by atoms with Crippen LogP contribution in [0, 0.1) is 5.92 Å². The Kier molecular flexibility index (Phi) is 49.8. The Balaban J connectivity index is 4.36. The van der Waals surface area contributed by atoms with Crippen LogP contribution in [0.25, 0.3) is 0 Å². The molecule has 0 radical (unpaired) electrons. The van der Waals surface area contributed by atoms with Crippen molar-refractivity contribution < 1.29 is 14.7 Å². The maximum absolute atomic E-state index is 12.9. The second-order valence-electron chi connectivity index (χ2n) is 19.3. The van der Waals surface area contributed by atoms with Crippen LogP contribution in [0.15, 0.2) is 0 Å². The van der Waals surface area contributed by atoms with Crippen molar-refractivity contribution in [2.75, 3.05) is 72.6 Å². The molecule has 0 saturated carbocycles. The topological polar surface area (TPSA) is 96.9 Å². The number of hydrogen-bond acceptors (Lipinski definition) is 6. The number of unbranched alkanes of at least 4 members (excludes halogenated alkanes) is 29. The fourth-order valence-electron chi connectivity index (χ4n) is 8.76. The third kappa shape index (κ3) is 46.8. The molecule has 1 unspecified atom stereocenters. The van der Waals surface area contributed by atoms with Crippen LogP contribution in [0.5, 0.6) is 0 Å². The van der Waals surface area contributed by atoms with E-state index in [0.29, 0.717) is 31.8 Å². The van der Waals surface area contributed by atoms with E-state index in [1.807, 2.05) is 7.05 Å². The van der Waals surface area contributed by atoms with Gasteiger partial charge in [-0.25, -0.2) is 0 Å². The Morgan fingerprint density at radius 1 is 0.419 bits per heavy atom. The largest absolute Gasteiger partial charge is 0.395 e. The fourth-order valence-corrected chi connectivity index (χ4v) is 8.76. The minimum absolute atomic E-state index is 0.154. The molecule has 0 aliphatic rings. The smallest absolute Gasteiger partial charge is 0.221 e. The molecular formula is C54H111N5O3. The second kappa shape index (κ2) is 50.8. The summed E-state index contributed by atoms with van der Waals surface area (Å²) in [4.78, 5) is 30.1. The molecular weight excluding hydrogens is 767 g/mol. The summed E-state index contributed by atoms with van der Waals surface area (Å²) in [6.45, 7) is 14.3. The van der Waals surface area contributed by atoms with Gasteiger partial charge >= 0.3 is 0 Å². The Labute approximate surface area is 387 Å². The van der Waals surface area contributed by atoms with Crippen molar-refractivity contribution in [1.82, 2.24) is 25.8 Å². The van der Waals surface area contributed by atoms with Gasteiger partial charge in [0.05, 0.1) is 6.61 Å². The highest BCUT2D eigenvalue weighted by molar-refractivity contribution is 5.76. The van der Waals surface area contributed by atoms with Gasteiger partial charge < -0.3 is 30.9 Å². The second-order valence-corrected chi connectivity index (χ2v) is 19.3. The van der Waals surface area contributed by atoms with Gasteiger partial charge in [0.1, 0.15) is 0 Å². The standard InChI is InChI=1S/C54H111N5O3/c1-5-8-11-14-17-20-22-23-24-25-27-30-33-36-43-56-54(62)41-46-59(48-47-58(4)49-50-60)45-37-42-55-44-40-53(61)57-51-52(38-34-31-28-19-16-13-10-7-3)39-35-32-29-26-21-18-15-12-9-6-2/h52,55,60H,5-51H2,1-4H3,(H,56,62)(H,57,61). The lowest BCUT2D eigenvalue weighted by atomic mass is 9.93. The van der Waals surface area contributed by atoms with Gasteiger partial charge in [0.25, 0.3) is 0 Å². The molecule has 2 amide bonds. The van der Waals surface area contributed by atoms with Gasteiger partial charge in [-0.1, -0.05) is 220 Å². The van der Waals surface area contributed by atoms with Gasteiger partial charge in [-0.05, 0) is 51.7 Å². The minimum atomic E-state index is 0.154. The molecule has 0 aliphatic carbocycles. The molecule has 1 atom stereocenters.